The third-order valence-electron chi connectivity index (χ3n) is 9.54. The molecule has 4 aromatic rings. The lowest BCUT2D eigenvalue weighted by atomic mass is 9.79. The highest BCUT2D eigenvalue weighted by Crippen LogP contribution is 2.35. The number of thiophene rings is 2. The second-order valence-electron chi connectivity index (χ2n) is 14.8. The molecule has 2 aliphatic rings. The van der Waals surface area contributed by atoms with Crippen LogP contribution in [0.15, 0.2) is 35.7 Å². The second-order valence-corrected chi connectivity index (χ2v) is 18.0. The Labute approximate surface area is 312 Å². The fourth-order valence-corrected chi connectivity index (χ4v) is 8.47. The molecule has 2 saturated heterocycles. The summed E-state index contributed by atoms with van der Waals surface area (Å²) >= 11 is 6.56. The van der Waals surface area contributed by atoms with Crippen LogP contribution in [0.25, 0.3) is 10.4 Å². The molecule has 272 valence electrons. The van der Waals surface area contributed by atoms with E-state index in [-0.39, 0.29) is 11.8 Å². The zero-order valence-corrected chi connectivity index (χ0v) is 33.7. The molecular formula is C36H50BBrN4O6S2. The third kappa shape index (κ3) is 10.6. The molecule has 4 aromatic heterocycles. The maximum Gasteiger partial charge on any atom is 0.494 e. The van der Waals surface area contributed by atoms with Gasteiger partial charge >= 0.3 is 7.12 Å². The van der Waals surface area contributed by atoms with Gasteiger partial charge in [0.2, 0.25) is 0 Å². The minimum Gasteiger partial charge on any atom is -0.423 e. The van der Waals surface area contributed by atoms with Crippen LogP contribution < -0.4 is 5.46 Å². The average Bonchev–Trinajstić information content (AvgIpc) is 3.80. The highest BCUT2D eigenvalue weighted by Gasteiger charge is 2.28. The molecular weight excluding hydrogens is 739 g/mol. The maximum absolute atomic E-state index is 12.8. The van der Waals surface area contributed by atoms with Gasteiger partial charge in [0.15, 0.2) is 0 Å². The molecule has 0 atom stereocenters. The van der Waals surface area contributed by atoms with Crippen LogP contribution in [-0.4, -0.2) is 75.3 Å². The average molecular weight is 790 g/mol. The highest BCUT2D eigenvalue weighted by molar-refractivity contribution is 9.11. The van der Waals surface area contributed by atoms with Gasteiger partial charge in [-0.05, 0) is 105 Å². The Kier molecular flexibility index (Phi) is 13.7. The Morgan fingerprint density at radius 1 is 0.760 bits per heavy atom. The number of aryl methyl sites for hydroxylation is 4. The van der Waals surface area contributed by atoms with Crippen molar-refractivity contribution >= 4 is 63.0 Å². The van der Waals surface area contributed by atoms with Gasteiger partial charge in [-0.25, -0.2) is 0 Å². The Hall–Kier alpha value is -2.78. The van der Waals surface area contributed by atoms with E-state index in [1.807, 2.05) is 46.5 Å². The first-order chi connectivity index (χ1) is 23.5. The summed E-state index contributed by atoms with van der Waals surface area (Å²) in [5, 5.41) is 28.9. The molecule has 2 aliphatic heterocycles. The molecule has 6 heterocycles. The number of amides is 2. The number of likely N-dealkylation sites (tertiary alicyclic amines) is 2. The van der Waals surface area contributed by atoms with E-state index in [9.17, 15) is 9.59 Å². The van der Waals surface area contributed by atoms with Gasteiger partial charge in [0.25, 0.3) is 11.8 Å². The molecule has 2 fully saturated rings. The quantitative estimate of drug-likeness (QED) is 0.200. The summed E-state index contributed by atoms with van der Waals surface area (Å²) < 4.78 is 10.9. The second kappa shape index (κ2) is 17.2. The fourth-order valence-electron chi connectivity index (χ4n) is 6.31. The lowest BCUT2D eigenvalue weighted by Gasteiger charge is -2.23. The van der Waals surface area contributed by atoms with E-state index in [4.69, 9.17) is 14.6 Å². The van der Waals surface area contributed by atoms with Crippen molar-refractivity contribution in [3.8, 4) is 10.4 Å². The van der Waals surface area contributed by atoms with Crippen LogP contribution in [0.2, 0.25) is 0 Å². The standard InChI is InChI=1S/C18H24N2O2S.C13H18BrNOS.C5H8BNO3/c1-12-16(13(2)22-19-12)15-10-14(11-23-15)17(21)20-8-5-6-18(3,4)7-9-20;1-13(2)4-3-6-15(7-5-13)12(16)10-8-11(14)17-9-10;1-3-5(6(8)9)4(2)10-7-3/h10-11H,5-9H2,1-4H3;8-9H,3-7H2,1-2H3;8-9H,1-2H3. The Balaban J connectivity index is 0.000000182. The van der Waals surface area contributed by atoms with Crippen LogP contribution in [0.4, 0.5) is 0 Å². The molecule has 0 aliphatic carbocycles. The summed E-state index contributed by atoms with van der Waals surface area (Å²) in [7, 11) is -1.48. The van der Waals surface area contributed by atoms with E-state index in [0.717, 1.165) is 88.7 Å². The molecule has 0 saturated carbocycles. The van der Waals surface area contributed by atoms with Gasteiger partial charge < -0.3 is 28.9 Å². The van der Waals surface area contributed by atoms with Gasteiger partial charge in [-0.3, -0.25) is 9.59 Å². The lowest BCUT2D eigenvalue weighted by Crippen LogP contribution is -2.32. The molecule has 0 unspecified atom stereocenters. The van der Waals surface area contributed by atoms with Gasteiger partial charge in [0, 0.05) is 47.3 Å². The van der Waals surface area contributed by atoms with E-state index in [1.54, 1.807) is 36.5 Å². The van der Waals surface area contributed by atoms with Gasteiger partial charge in [-0.2, -0.15) is 0 Å². The molecule has 0 aromatic carbocycles. The smallest absolute Gasteiger partial charge is 0.423 e. The van der Waals surface area contributed by atoms with Crippen LogP contribution >= 0.6 is 38.6 Å². The molecule has 2 N–H and O–H groups in total. The lowest BCUT2D eigenvalue weighted by molar-refractivity contribution is 0.0750. The largest absolute Gasteiger partial charge is 0.494 e. The van der Waals surface area contributed by atoms with E-state index < -0.39 is 7.12 Å². The molecule has 10 nitrogen and oxygen atoms in total. The number of aromatic nitrogens is 2. The third-order valence-corrected chi connectivity index (χ3v) is 12.0. The van der Waals surface area contributed by atoms with Gasteiger partial charge in [-0.15, -0.1) is 22.7 Å². The van der Waals surface area contributed by atoms with E-state index in [1.165, 1.54) is 12.8 Å². The highest BCUT2D eigenvalue weighted by atomic mass is 79.9. The van der Waals surface area contributed by atoms with E-state index >= 15 is 0 Å². The zero-order valence-electron chi connectivity index (χ0n) is 30.5. The van der Waals surface area contributed by atoms with Crippen molar-refractivity contribution < 1.29 is 28.7 Å². The van der Waals surface area contributed by atoms with Crippen LogP contribution in [-0.2, 0) is 0 Å². The Morgan fingerprint density at radius 3 is 1.68 bits per heavy atom. The number of hydrogen-bond acceptors (Lipinski definition) is 10. The van der Waals surface area contributed by atoms with Crippen molar-refractivity contribution in [2.24, 2.45) is 10.8 Å². The number of hydrogen-bond donors (Lipinski definition) is 2. The summed E-state index contributed by atoms with van der Waals surface area (Å²) in [5.41, 5.74) is 5.10. The predicted octanol–water partition coefficient (Wildman–Crippen LogP) is 7.81. The maximum atomic E-state index is 12.8. The van der Waals surface area contributed by atoms with Crippen LogP contribution in [0, 0.1) is 38.5 Å². The van der Waals surface area contributed by atoms with Crippen molar-refractivity contribution in [2.75, 3.05) is 26.2 Å². The number of rotatable bonds is 4. The van der Waals surface area contributed by atoms with Crippen LogP contribution in [0.1, 0.15) is 110 Å². The van der Waals surface area contributed by atoms with Crippen molar-refractivity contribution in [1.82, 2.24) is 20.1 Å². The first kappa shape index (κ1) is 40.0. The first-order valence-electron chi connectivity index (χ1n) is 17.1. The van der Waals surface area contributed by atoms with Crippen molar-refractivity contribution in [1.29, 1.82) is 0 Å². The molecule has 6 rings (SSSR count). The number of nitrogens with zero attached hydrogens (tertiary/aromatic N) is 4. The molecule has 0 bridgehead atoms. The number of carbonyl (C=O) groups excluding carboxylic acids is 2. The van der Waals surface area contributed by atoms with Gasteiger partial charge in [-0.1, -0.05) is 38.0 Å². The minimum atomic E-state index is -1.48. The summed E-state index contributed by atoms with van der Waals surface area (Å²) in [6.07, 6.45) is 6.77. The molecule has 14 heteroatoms. The molecule has 50 heavy (non-hydrogen) atoms. The topological polar surface area (TPSA) is 133 Å². The van der Waals surface area contributed by atoms with Crippen LogP contribution in [0.3, 0.4) is 0 Å². The number of halogens is 1. The zero-order chi connectivity index (χ0) is 36.8. The summed E-state index contributed by atoms with van der Waals surface area (Å²) in [4.78, 5) is 30.2. The van der Waals surface area contributed by atoms with Crippen molar-refractivity contribution in [3.63, 3.8) is 0 Å². The van der Waals surface area contributed by atoms with Crippen molar-refractivity contribution in [3.05, 3.63) is 60.7 Å². The normalized spacial score (nSPS) is 17.1. The van der Waals surface area contributed by atoms with Crippen molar-refractivity contribution in [2.45, 2.75) is 93.9 Å². The summed E-state index contributed by atoms with van der Waals surface area (Å²) in [5.74, 6) is 1.59. The minimum absolute atomic E-state index is 0.150. The van der Waals surface area contributed by atoms with Crippen LogP contribution in [0.5, 0.6) is 0 Å². The van der Waals surface area contributed by atoms with Gasteiger partial charge in [0.05, 0.1) is 31.9 Å². The van der Waals surface area contributed by atoms with Gasteiger partial charge in [0.1, 0.15) is 11.5 Å². The predicted molar refractivity (Wildman–Crippen MR) is 204 cm³/mol. The summed E-state index contributed by atoms with van der Waals surface area (Å²) in [6.45, 7) is 19.8. The molecule has 0 spiro atoms. The number of carbonyl (C=O) groups is 2. The monoisotopic (exact) mass is 788 g/mol. The van der Waals surface area contributed by atoms with E-state index in [2.05, 4.69) is 58.5 Å². The molecule has 2 amide bonds. The Morgan fingerprint density at radius 2 is 1.26 bits per heavy atom. The first-order valence-corrected chi connectivity index (χ1v) is 19.7. The molecule has 0 radical (unpaired) electrons. The fraction of sp³-hybridized carbons (Fsp3) is 0.556. The SMILES string of the molecule is CC1(C)CCCN(C(=O)c2csc(Br)c2)CC1.Cc1noc(C)c1-c1cc(C(=O)N2CCCC(C)(C)CC2)cs1.Cc1noc(C)c1B(O)O. The van der Waals surface area contributed by atoms with E-state index in [0.29, 0.717) is 27.7 Å². The summed E-state index contributed by atoms with van der Waals surface area (Å²) in [6, 6.07) is 3.90. The Bertz CT molecular complexity index is 1700.